The molecule has 0 unspecified atom stereocenters. The van der Waals surface area contributed by atoms with Crippen LogP contribution in [0, 0.1) is 11.3 Å². The van der Waals surface area contributed by atoms with Crippen molar-refractivity contribution in [3.8, 4) is 11.8 Å². The van der Waals surface area contributed by atoms with Gasteiger partial charge in [-0.3, -0.25) is 9.69 Å². The zero-order valence-corrected chi connectivity index (χ0v) is 18.9. The standard InChI is InChI=1S/C23H19F3N4O4S/c24-23(25,26)17-7-14(2-1-13(17)9-27)29-20(32)22(5-6-33-12-22)30(21(29)35)15-3-4-19-18(8-15)28-10-16(11-31)34-19/h1-4,7-8,16,28,31H,5-6,10-12H2/t16-,22-/m1/s1. The first-order valence-corrected chi connectivity index (χ1v) is 11.1. The maximum absolute atomic E-state index is 13.7. The Bertz CT molecular complexity index is 1260. The second kappa shape index (κ2) is 8.37. The van der Waals surface area contributed by atoms with Crippen LogP contribution in [0.15, 0.2) is 36.4 Å². The van der Waals surface area contributed by atoms with E-state index in [-0.39, 0.29) is 30.6 Å². The van der Waals surface area contributed by atoms with Gasteiger partial charge in [0, 0.05) is 18.7 Å². The number of hydrogen-bond acceptors (Lipinski definition) is 7. The van der Waals surface area contributed by atoms with Gasteiger partial charge >= 0.3 is 6.18 Å². The van der Waals surface area contributed by atoms with Gasteiger partial charge in [-0.2, -0.15) is 18.4 Å². The van der Waals surface area contributed by atoms with Crippen molar-refractivity contribution in [2.45, 2.75) is 24.2 Å². The number of rotatable bonds is 3. The maximum Gasteiger partial charge on any atom is 0.417 e. The van der Waals surface area contributed by atoms with E-state index < -0.39 is 34.9 Å². The molecule has 8 nitrogen and oxygen atoms in total. The molecule has 2 atom stereocenters. The summed E-state index contributed by atoms with van der Waals surface area (Å²) in [5.41, 5.74) is -1.81. The lowest BCUT2D eigenvalue weighted by molar-refractivity contribution is -0.137. The van der Waals surface area contributed by atoms with Crippen molar-refractivity contribution in [2.24, 2.45) is 0 Å². The van der Waals surface area contributed by atoms with Gasteiger partial charge in [-0.05, 0) is 48.6 Å². The highest BCUT2D eigenvalue weighted by Gasteiger charge is 2.58. The molecular weight excluding hydrogens is 485 g/mol. The number of nitrogens with zero attached hydrogens (tertiary/aromatic N) is 3. The Kier molecular flexibility index (Phi) is 5.58. The first-order chi connectivity index (χ1) is 16.7. The Morgan fingerprint density at radius 1 is 1.26 bits per heavy atom. The molecule has 0 aliphatic carbocycles. The summed E-state index contributed by atoms with van der Waals surface area (Å²) in [5, 5.41) is 21.6. The Morgan fingerprint density at radius 2 is 2.03 bits per heavy atom. The molecule has 2 aromatic rings. The van der Waals surface area contributed by atoms with Crippen LogP contribution in [0.5, 0.6) is 5.75 Å². The quantitative estimate of drug-likeness (QED) is 0.616. The third kappa shape index (κ3) is 3.67. The lowest BCUT2D eigenvalue weighted by atomic mass is 9.95. The minimum atomic E-state index is -4.78. The average Bonchev–Trinajstić information content (AvgIpc) is 3.41. The fourth-order valence-corrected chi connectivity index (χ4v) is 5.07. The Balaban J connectivity index is 1.58. The van der Waals surface area contributed by atoms with E-state index in [9.17, 15) is 23.1 Å². The fourth-order valence-electron chi connectivity index (χ4n) is 4.61. The minimum absolute atomic E-state index is 0.00300. The van der Waals surface area contributed by atoms with E-state index in [1.165, 1.54) is 6.07 Å². The van der Waals surface area contributed by atoms with Crippen molar-refractivity contribution >= 4 is 40.3 Å². The third-order valence-electron chi connectivity index (χ3n) is 6.34. The summed E-state index contributed by atoms with van der Waals surface area (Å²) in [5.74, 6) is 0.0195. The monoisotopic (exact) mass is 504 g/mol. The first-order valence-electron chi connectivity index (χ1n) is 10.7. The van der Waals surface area contributed by atoms with Gasteiger partial charge in [0.25, 0.3) is 5.91 Å². The van der Waals surface area contributed by atoms with E-state index in [4.69, 9.17) is 27.0 Å². The minimum Gasteiger partial charge on any atom is -0.484 e. The van der Waals surface area contributed by atoms with E-state index >= 15 is 0 Å². The fraction of sp³-hybridized carbons (Fsp3) is 0.348. The summed E-state index contributed by atoms with van der Waals surface area (Å²) in [6, 6.07) is 9.75. The molecule has 3 heterocycles. The lowest BCUT2D eigenvalue weighted by Crippen LogP contribution is -2.50. The predicted octanol–water partition coefficient (Wildman–Crippen LogP) is 3.04. The van der Waals surface area contributed by atoms with E-state index in [0.717, 1.165) is 17.0 Å². The number of benzene rings is 2. The van der Waals surface area contributed by atoms with Crippen LogP contribution in [0.4, 0.5) is 30.2 Å². The number of fused-ring (bicyclic) bond motifs is 1. The molecule has 0 radical (unpaired) electrons. The summed E-state index contributed by atoms with van der Waals surface area (Å²) < 4.78 is 52.1. The number of carbonyl (C=O) groups excluding carboxylic acids is 1. The topological polar surface area (TPSA) is 98.1 Å². The molecule has 0 saturated carbocycles. The van der Waals surface area contributed by atoms with Gasteiger partial charge in [-0.25, -0.2) is 0 Å². The number of anilines is 3. The van der Waals surface area contributed by atoms with Gasteiger partial charge in [-0.1, -0.05) is 0 Å². The molecule has 2 fully saturated rings. The van der Waals surface area contributed by atoms with Crippen molar-refractivity contribution < 1.29 is 32.5 Å². The van der Waals surface area contributed by atoms with Gasteiger partial charge in [0.2, 0.25) is 0 Å². The zero-order valence-electron chi connectivity index (χ0n) is 18.1. The number of halogens is 3. The van der Waals surface area contributed by atoms with E-state index in [2.05, 4.69) is 5.32 Å². The summed E-state index contributed by atoms with van der Waals surface area (Å²) in [4.78, 5) is 16.4. The molecule has 3 aliphatic rings. The summed E-state index contributed by atoms with van der Waals surface area (Å²) in [7, 11) is 0. The maximum atomic E-state index is 13.7. The molecular formula is C23H19F3N4O4S. The van der Waals surface area contributed by atoms with Crippen molar-refractivity contribution in [1.82, 2.24) is 0 Å². The number of nitrogens with one attached hydrogen (secondary N) is 1. The number of thiocarbonyl (C=S) groups is 1. The number of carbonyl (C=O) groups is 1. The Hall–Kier alpha value is -3.40. The predicted molar refractivity (Wildman–Crippen MR) is 123 cm³/mol. The highest BCUT2D eigenvalue weighted by molar-refractivity contribution is 7.81. The van der Waals surface area contributed by atoms with Crippen LogP contribution in [0.1, 0.15) is 17.5 Å². The third-order valence-corrected chi connectivity index (χ3v) is 6.70. The normalized spacial score (nSPS) is 23.8. The Labute approximate surface area is 203 Å². The van der Waals surface area contributed by atoms with Crippen LogP contribution in [-0.2, 0) is 15.7 Å². The number of amides is 1. The van der Waals surface area contributed by atoms with Gasteiger partial charge in [0.05, 0.1) is 48.3 Å². The average molecular weight is 504 g/mol. The molecule has 1 amide bonds. The van der Waals surface area contributed by atoms with E-state index in [1.807, 2.05) is 0 Å². The van der Waals surface area contributed by atoms with Gasteiger partial charge in [-0.15, -0.1) is 0 Å². The van der Waals surface area contributed by atoms with Crippen LogP contribution >= 0.6 is 12.2 Å². The second-order valence-corrected chi connectivity index (χ2v) is 8.78. The number of hydrogen-bond donors (Lipinski definition) is 2. The SMILES string of the molecule is N#Cc1ccc(N2C(=O)[C@]3(CCOC3)N(c3ccc4c(c3)NC[C@H](CO)O4)C2=S)cc1C(F)(F)F. The van der Waals surface area contributed by atoms with Gasteiger partial charge < -0.3 is 24.8 Å². The van der Waals surface area contributed by atoms with Crippen LogP contribution in [0.25, 0.3) is 0 Å². The largest absolute Gasteiger partial charge is 0.484 e. The van der Waals surface area contributed by atoms with Crippen molar-refractivity contribution in [2.75, 3.05) is 41.5 Å². The number of nitriles is 1. The molecule has 2 aromatic carbocycles. The molecule has 2 N–H and O–H groups in total. The van der Waals surface area contributed by atoms with Crippen LogP contribution in [0.3, 0.4) is 0 Å². The number of alkyl halides is 3. The van der Waals surface area contributed by atoms with E-state index in [0.29, 0.717) is 30.1 Å². The molecule has 35 heavy (non-hydrogen) atoms. The van der Waals surface area contributed by atoms with E-state index in [1.54, 1.807) is 29.2 Å². The number of aliphatic hydroxyl groups excluding tert-OH is 1. The van der Waals surface area contributed by atoms with Crippen molar-refractivity contribution in [3.05, 3.63) is 47.5 Å². The molecule has 1 spiro atoms. The molecule has 182 valence electrons. The first kappa shape index (κ1) is 23.3. The second-order valence-electron chi connectivity index (χ2n) is 8.42. The lowest BCUT2D eigenvalue weighted by Gasteiger charge is -2.33. The number of ether oxygens (including phenoxy) is 2. The Morgan fingerprint density at radius 3 is 2.69 bits per heavy atom. The molecule has 2 saturated heterocycles. The number of aliphatic hydroxyl groups is 1. The zero-order chi connectivity index (χ0) is 25.0. The molecule has 12 heteroatoms. The molecule has 3 aliphatic heterocycles. The highest BCUT2D eigenvalue weighted by atomic mass is 32.1. The summed E-state index contributed by atoms with van der Waals surface area (Å²) >= 11 is 5.65. The van der Waals surface area contributed by atoms with Crippen molar-refractivity contribution in [3.63, 3.8) is 0 Å². The highest BCUT2D eigenvalue weighted by Crippen LogP contribution is 2.44. The summed E-state index contributed by atoms with van der Waals surface area (Å²) in [6.07, 6.45) is -4.89. The molecule has 5 rings (SSSR count). The smallest absolute Gasteiger partial charge is 0.417 e. The van der Waals surface area contributed by atoms with Crippen molar-refractivity contribution in [1.29, 1.82) is 5.26 Å². The van der Waals surface area contributed by atoms with Crippen LogP contribution in [0.2, 0.25) is 0 Å². The summed E-state index contributed by atoms with van der Waals surface area (Å²) in [6.45, 7) is 0.518. The van der Waals surface area contributed by atoms with Gasteiger partial charge in [0.1, 0.15) is 11.9 Å². The van der Waals surface area contributed by atoms with Gasteiger partial charge in [0.15, 0.2) is 10.7 Å². The van der Waals surface area contributed by atoms with Crippen LogP contribution < -0.4 is 19.9 Å². The van der Waals surface area contributed by atoms with Crippen LogP contribution in [-0.4, -0.2) is 54.1 Å². The molecule has 0 aromatic heterocycles. The molecule has 0 bridgehead atoms.